The Kier molecular flexibility index (Phi) is 6.65. The highest BCUT2D eigenvalue weighted by molar-refractivity contribution is 5.79. The molecule has 1 atom stereocenters. The molecule has 0 bridgehead atoms. The topological polar surface area (TPSA) is 58.4 Å². The van der Waals surface area contributed by atoms with Gasteiger partial charge in [-0.15, -0.1) is 0 Å². The van der Waals surface area contributed by atoms with Crippen molar-refractivity contribution in [3.63, 3.8) is 0 Å². The number of likely N-dealkylation sites (N-methyl/N-ethyl adjacent to an activating group) is 1. The van der Waals surface area contributed by atoms with Gasteiger partial charge >= 0.3 is 0 Å². The third-order valence-corrected chi connectivity index (χ3v) is 4.11. The second kappa shape index (κ2) is 7.74. The number of rotatable bonds is 7. The highest BCUT2D eigenvalue weighted by Gasteiger charge is 2.21. The Bertz CT molecular complexity index is 249. The van der Waals surface area contributed by atoms with Gasteiger partial charge in [-0.25, -0.2) is 0 Å². The summed E-state index contributed by atoms with van der Waals surface area (Å²) in [7, 11) is 2.16. The van der Waals surface area contributed by atoms with E-state index in [2.05, 4.69) is 17.3 Å². The van der Waals surface area contributed by atoms with Gasteiger partial charge < -0.3 is 16.0 Å². The average Bonchev–Trinajstić information content (AvgIpc) is 2.82. The Balaban J connectivity index is 2.21. The molecule has 1 aliphatic rings. The first-order valence-corrected chi connectivity index (χ1v) is 7.24. The second-order valence-corrected chi connectivity index (χ2v) is 5.80. The first kappa shape index (κ1) is 15.4. The summed E-state index contributed by atoms with van der Waals surface area (Å²) in [5.41, 5.74) is 5.63. The minimum absolute atomic E-state index is 0.0539. The molecule has 3 N–H and O–H groups in total. The molecule has 4 nitrogen and oxygen atoms in total. The molecule has 0 aromatic heterocycles. The van der Waals surface area contributed by atoms with Gasteiger partial charge in [-0.2, -0.15) is 0 Å². The maximum Gasteiger partial charge on any atom is 0.224 e. The van der Waals surface area contributed by atoms with Crippen LogP contribution in [0.25, 0.3) is 0 Å². The van der Waals surface area contributed by atoms with Crippen LogP contribution in [0.15, 0.2) is 0 Å². The Morgan fingerprint density at radius 1 is 1.39 bits per heavy atom. The Morgan fingerprint density at radius 3 is 2.50 bits per heavy atom. The first-order chi connectivity index (χ1) is 8.56. The summed E-state index contributed by atoms with van der Waals surface area (Å²) < 4.78 is 0. The largest absolute Gasteiger partial charge is 0.355 e. The van der Waals surface area contributed by atoms with E-state index in [1.807, 2.05) is 13.8 Å². The van der Waals surface area contributed by atoms with Crippen molar-refractivity contribution in [2.75, 3.05) is 26.7 Å². The van der Waals surface area contributed by atoms with Crippen molar-refractivity contribution in [3.8, 4) is 0 Å². The zero-order valence-electron chi connectivity index (χ0n) is 12.1. The molecule has 0 aromatic rings. The van der Waals surface area contributed by atoms with Crippen molar-refractivity contribution in [3.05, 3.63) is 0 Å². The molecule has 1 rings (SSSR count). The summed E-state index contributed by atoms with van der Waals surface area (Å²) in [5.74, 6) is 0.358. The lowest BCUT2D eigenvalue weighted by molar-refractivity contribution is -0.126. The molecule has 106 valence electrons. The molecule has 1 saturated carbocycles. The van der Waals surface area contributed by atoms with Crippen LogP contribution in [0.5, 0.6) is 0 Å². The number of carbonyl (C=O) groups is 1. The van der Waals surface area contributed by atoms with Crippen molar-refractivity contribution in [1.29, 1.82) is 0 Å². The van der Waals surface area contributed by atoms with E-state index in [9.17, 15) is 4.79 Å². The lowest BCUT2D eigenvalue weighted by Gasteiger charge is -2.25. The number of hydrogen-bond donors (Lipinski definition) is 2. The number of amides is 1. The number of nitrogens with one attached hydrogen (secondary N) is 1. The van der Waals surface area contributed by atoms with E-state index in [0.29, 0.717) is 12.5 Å². The lowest BCUT2D eigenvalue weighted by Crippen LogP contribution is -2.42. The van der Waals surface area contributed by atoms with E-state index in [4.69, 9.17) is 5.73 Å². The van der Waals surface area contributed by atoms with Crippen molar-refractivity contribution in [1.82, 2.24) is 10.2 Å². The molecule has 0 aromatic carbocycles. The summed E-state index contributed by atoms with van der Waals surface area (Å²) in [6.45, 7) is 6.19. The van der Waals surface area contributed by atoms with E-state index in [-0.39, 0.29) is 11.8 Å². The van der Waals surface area contributed by atoms with Crippen molar-refractivity contribution >= 4 is 5.91 Å². The third-order valence-electron chi connectivity index (χ3n) is 4.11. The molecule has 1 fully saturated rings. The zero-order valence-corrected chi connectivity index (χ0v) is 12.1. The van der Waals surface area contributed by atoms with Gasteiger partial charge in [0.2, 0.25) is 5.91 Å². The maximum absolute atomic E-state index is 11.9. The summed E-state index contributed by atoms with van der Waals surface area (Å²) in [4.78, 5) is 14.3. The van der Waals surface area contributed by atoms with Crippen LogP contribution in [0.2, 0.25) is 0 Å². The van der Waals surface area contributed by atoms with Crippen LogP contribution in [-0.4, -0.2) is 43.5 Å². The summed E-state index contributed by atoms with van der Waals surface area (Å²) in [6, 6.07) is 0.720. The van der Waals surface area contributed by atoms with Crippen LogP contribution in [-0.2, 0) is 4.79 Å². The Morgan fingerprint density at radius 2 is 2.00 bits per heavy atom. The van der Waals surface area contributed by atoms with E-state index in [1.165, 1.54) is 25.7 Å². The molecule has 4 heteroatoms. The fourth-order valence-electron chi connectivity index (χ4n) is 2.70. The molecule has 1 amide bonds. The normalized spacial score (nSPS) is 18.6. The molecule has 1 unspecified atom stereocenters. The smallest absolute Gasteiger partial charge is 0.224 e. The first-order valence-electron chi connectivity index (χ1n) is 7.24. The quantitative estimate of drug-likeness (QED) is 0.719. The average molecular weight is 255 g/mol. The molecule has 0 spiro atoms. The fourth-order valence-corrected chi connectivity index (χ4v) is 2.70. The summed E-state index contributed by atoms with van der Waals surface area (Å²) >= 11 is 0. The maximum atomic E-state index is 11.9. The van der Waals surface area contributed by atoms with Gasteiger partial charge in [-0.05, 0) is 25.8 Å². The van der Waals surface area contributed by atoms with Crippen molar-refractivity contribution in [2.24, 2.45) is 17.6 Å². The fraction of sp³-hybridized carbons (Fsp3) is 0.929. The van der Waals surface area contributed by atoms with E-state index in [1.54, 1.807) is 0 Å². The van der Waals surface area contributed by atoms with E-state index >= 15 is 0 Å². The minimum atomic E-state index is -0.0539. The van der Waals surface area contributed by atoms with Crippen LogP contribution >= 0.6 is 0 Å². The zero-order chi connectivity index (χ0) is 13.5. The van der Waals surface area contributed by atoms with Crippen molar-refractivity contribution < 1.29 is 4.79 Å². The van der Waals surface area contributed by atoms with Crippen LogP contribution in [0.3, 0.4) is 0 Å². The lowest BCUT2D eigenvalue weighted by atomic mass is 9.95. The van der Waals surface area contributed by atoms with Crippen LogP contribution in [0.1, 0.15) is 39.5 Å². The minimum Gasteiger partial charge on any atom is -0.355 e. The van der Waals surface area contributed by atoms with E-state index < -0.39 is 0 Å². The van der Waals surface area contributed by atoms with Crippen LogP contribution in [0.4, 0.5) is 0 Å². The summed E-state index contributed by atoms with van der Waals surface area (Å²) in [6.07, 6.45) is 5.32. The predicted molar refractivity (Wildman–Crippen MR) is 75.3 cm³/mol. The molecule has 0 saturated heterocycles. The molecule has 0 radical (unpaired) electrons. The SMILES string of the molecule is CC(C)C(CN)C(=O)NCCN(C)C1CCCC1. The number of nitrogens with zero attached hydrogens (tertiary/aromatic N) is 1. The third kappa shape index (κ3) is 4.58. The number of nitrogens with two attached hydrogens (primary N) is 1. The predicted octanol–water partition coefficient (Wildman–Crippen LogP) is 1.21. The molecule has 0 aliphatic heterocycles. The number of hydrogen-bond acceptors (Lipinski definition) is 3. The van der Waals surface area contributed by atoms with Crippen LogP contribution in [0, 0.1) is 11.8 Å². The molecular formula is C14H29N3O. The highest BCUT2D eigenvalue weighted by Crippen LogP contribution is 2.21. The monoisotopic (exact) mass is 255 g/mol. The highest BCUT2D eigenvalue weighted by atomic mass is 16.1. The van der Waals surface area contributed by atoms with Gasteiger partial charge in [0.15, 0.2) is 0 Å². The van der Waals surface area contributed by atoms with Gasteiger partial charge in [0.05, 0.1) is 5.92 Å². The molecule has 1 aliphatic carbocycles. The van der Waals surface area contributed by atoms with Gasteiger partial charge in [-0.3, -0.25) is 4.79 Å². The molecule has 0 heterocycles. The molecule has 18 heavy (non-hydrogen) atoms. The van der Waals surface area contributed by atoms with Gasteiger partial charge in [-0.1, -0.05) is 26.7 Å². The van der Waals surface area contributed by atoms with Crippen molar-refractivity contribution in [2.45, 2.75) is 45.6 Å². The van der Waals surface area contributed by atoms with Gasteiger partial charge in [0, 0.05) is 25.7 Å². The second-order valence-electron chi connectivity index (χ2n) is 5.80. The van der Waals surface area contributed by atoms with E-state index in [0.717, 1.165) is 19.1 Å². The Hall–Kier alpha value is -0.610. The van der Waals surface area contributed by atoms with Gasteiger partial charge in [0.25, 0.3) is 0 Å². The van der Waals surface area contributed by atoms with Crippen LogP contribution < -0.4 is 11.1 Å². The summed E-state index contributed by atoms with van der Waals surface area (Å²) in [5, 5.41) is 3.01. The standard InChI is InChI=1S/C14H29N3O/c1-11(2)13(10-15)14(18)16-8-9-17(3)12-6-4-5-7-12/h11-13H,4-10,15H2,1-3H3,(H,16,18). The number of carbonyl (C=O) groups excluding carboxylic acids is 1. The Labute approximate surface area is 111 Å². The molecular weight excluding hydrogens is 226 g/mol. The van der Waals surface area contributed by atoms with Gasteiger partial charge in [0.1, 0.15) is 0 Å².